The van der Waals surface area contributed by atoms with Crippen molar-refractivity contribution in [2.75, 3.05) is 13.1 Å². The normalized spacial score (nSPS) is 34.2. The first-order chi connectivity index (χ1) is 42.9. The van der Waals surface area contributed by atoms with Gasteiger partial charge in [0.2, 0.25) is 0 Å². The van der Waals surface area contributed by atoms with E-state index in [9.17, 15) is 30.6 Å². The molecule has 0 amide bonds. The fraction of sp³-hybridized carbons (Fsp3) is 0.461. The standard InChI is InChI=1S/C76H86N6O6/c1-2-46-40-78-41-49(46)29-33-77-42-50-35-57(47-8-4-3-5-9-47)62-39-73(38-61(50)81-62)37-60(48-18-13-44(14-19-48)15-25-56-54(24-16-45-17-27-63(83)66(86)34-45)55-11-6-12-64(84)67(55)69(88)68(56)87)82-71-58(73)36-53-21-20-52-22-26-59-72(80-43-79-59)76(71)70-65(85)28-23-51-10-7-30-74(51,70)31-32-75(52,53)76/h3-6,8-9,11-14,16-19,23-24,27-28,34-35,40-41,43,51-53,57-58,60-62,65,70-71,77-78,81-88H,2,7,10,15,20-22,25-26,29-33,36-39,42H2,1H3,(H,79,80)/b24-16+/t51-,52-,53+,57+,58+,60-,61-,62+,65+,70-,71+,73-,74+,75+,76+/m0/s1. The summed E-state index contributed by atoms with van der Waals surface area (Å²) in [7, 11) is 0. The average molecular weight is 1180 g/mol. The first-order valence-corrected chi connectivity index (χ1v) is 33.4. The lowest BCUT2D eigenvalue weighted by molar-refractivity contribution is -0.229. The highest BCUT2D eigenvalue weighted by Gasteiger charge is 2.81. The number of allylic oxidation sites excluding steroid dienone is 1. The molecular formula is C76H86N6O6. The summed E-state index contributed by atoms with van der Waals surface area (Å²) >= 11 is 0. The molecule has 7 aromatic rings. The van der Waals surface area contributed by atoms with Crippen LogP contribution in [-0.2, 0) is 37.5 Å². The molecule has 3 spiro atoms. The van der Waals surface area contributed by atoms with Gasteiger partial charge in [-0.3, -0.25) is 0 Å². The molecule has 88 heavy (non-hydrogen) atoms. The number of rotatable bonds is 13. The Kier molecular flexibility index (Phi) is 13.8. The largest absolute Gasteiger partial charge is 0.507 e. The summed E-state index contributed by atoms with van der Waals surface area (Å²) in [5.41, 5.74) is 12.0. The summed E-state index contributed by atoms with van der Waals surface area (Å²) in [6.45, 7) is 3.99. The first-order valence-electron chi connectivity index (χ1n) is 33.4. The van der Waals surface area contributed by atoms with Crippen LogP contribution in [0.3, 0.4) is 0 Å². The molecule has 2 bridgehead atoms. The minimum atomic E-state index is -0.561. The minimum absolute atomic E-state index is 0.00654. The Labute approximate surface area is 516 Å². The number of benzene rings is 5. The topological polar surface area (TPSA) is 202 Å². The van der Waals surface area contributed by atoms with Crippen LogP contribution in [0.1, 0.15) is 152 Å². The Balaban J connectivity index is 0.805. The van der Waals surface area contributed by atoms with Crippen LogP contribution in [0, 0.1) is 45.8 Å². The number of aromatic amines is 2. The Morgan fingerprint density at radius 1 is 0.727 bits per heavy atom. The van der Waals surface area contributed by atoms with Crippen LogP contribution in [0.5, 0.6) is 28.7 Å². The molecule has 2 saturated heterocycles. The molecule has 15 atom stereocenters. The predicted octanol–water partition coefficient (Wildman–Crippen LogP) is 13.0. The molecule has 2 aromatic heterocycles. The maximum absolute atomic E-state index is 13.4. The van der Waals surface area contributed by atoms with Crippen molar-refractivity contribution in [2.24, 2.45) is 45.8 Å². The van der Waals surface area contributed by atoms with E-state index in [1.54, 1.807) is 18.2 Å². The fourth-order valence-electron chi connectivity index (χ4n) is 21.9. The van der Waals surface area contributed by atoms with Crippen molar-refractivity contribution in [3.8, 4) is 28.7 Å². The van der Waals surface area contributed by atoms with Gasteiger partial charge in [-0.2, -0.15) is 0 Å². The molecule has 456 valence electrons. The zero-order valence-electron chi connectivity index (χ0n) is 50.7. The molecule has 3 aliphatic heterocycles. The smallest absolute Gasteiger partial charge is 0.169 e. The van der Waals surface area contributed by atoms with Gasteiger partial charge in [-0.25, -0.2) is 4.98 Å². The van der Waals surface area contributed by atoms with E-state index in [0.717, 1.165) is 57.2 Å². The van der Waals surface area contributed by atoms with E-state index in [2.05, 4.69) is 113 Å². The molecule has 4 saturated carbocycles. The number of aromatic nitrogens is 3. The van der Waals surface area contributed by atoms with E-state index in [0.29, 0.717) is 58.6 Å². The van der Waals surface area contributed by atoms with Gasteiger partial charge in [0.1, 0.15) is 5.75 Å². The monoisotopic (exact) mass is 1180 g/mol. The molecule has 0 radical (unpaired) electrons. The van der Waals surface area contributed by atoms with Gasteiger partial charge >= 0.3 is 0 Å². The quantitative estimate of drug-likeness (QED) is 0.0228. The highest BCUT2D eigenvalue weighted by Crippen LogP contribution is 2.81. The Hall–Kier alpha value is -7.09. The van der Waals surface area contributed by atoms with Crippen LogP contribution in [0.2, 0.25) is 0 Å². The maximum atomic E-state index is 13.4. The molecule has 16 rings (SSSR count). The number of piperidine rings is 2. The fourth-order valence-corrected chi connectivity index (χ4v) is 21.9. The Morgan fingerprint density at radius 3 is 2.42 bits per heavy atom. The van der Waals surface area contributed by atoms with E-state index in [1.807, 2.05) is 18.5 Å². The van der Waals surface area contributed by atoms with Gasteiger partial charge in [0.15, 0.2) is 23.0 Å². The molecule has 11 N–H and O–H groups in total. The van der Waals surface area contributed by atoms with E-state index < -0.39 is 11.5 Å². The molecule has 5 aromatic carbocycles. The van der Waals surface area contributed by atoms with Crippen molar-refractivity contribution in [1.29, 1.82) is 0 Å². The van der Waals surface area contributed by atoms with Crippen LogP contribution in [0.4, 0.5) is 0 Å². The maximum Gasteiger partial charge on any atom is 0.169 e. The number of nitrogens with one attached hydrogen (secondary N) is 5. The number of nitrogens with zero attached hydrogens (tertiary/aromatic N) is 1. The van der Waals surface area contributed by atoms with Gasteiger partial charge in [-0.05, 0) is 217 Å². The van der Waals surface area contributed by atoms with Crippen molar-refractivity contribution in [1.82, 2.24) is 30.9 Å². The second kappa shape index (κ2) is 21.6. The SMILES string of the molecule is CCc1c[nH]cc1CCNCC1=C[C@H](c2ccccc2)[C@H]2C[C@@]3(C[C@@H]1N2)C[C@@H](c1ccc(CCc2c(O)c(O)c4c(O)cccc4c2/C=C/c2ccc(O)c(O)c2)cc1)N[C@@H]1[C@H]3C[C@H]2CC[C@H]3CCc4[nH]cnc4[C@@]14[C@H]1[C@H](O)C=C[C@@H]5CCC[C@@]51CC[C@@]324. The van der Waals surface area contributed by atoms with Gasteiger partial charge in [0.25, 0.3) is 0 Å². The highest BCUT2D eigenvalue weighted by molar-refractivity contribution is 6.03. The number of H-pyrrole nitrogens is 2. The molecule has 9 aliphatic rings. The molecule has 6 aliphatic carbocycles. The minimum Gasteiger partial charge on any atom is -0.507 e. The Bertz CT molecular complexity index is 3900. The zero-order chi connectivity index (χ0) is 59.7. The summed E-state index contributed by atoms with van der Waals surface area (Å²) in [4.78, 5) is 12.9. The molecule has 12 heteroatoms. The first kappa shape index (κ1) is 56.2. The van der Waals surface area contributed by atoms with E-state index in [1.165, 1.54) is 115 Å². The number of hydrogen-bond donors (Lipinski definition) is 11. The molecular weight excluding hydrogens is 1090 g/mol. The number of aromatic hydroxyl groups is 5. The number of aliphatic hydroxyl groups is 1. The summed E-state index contributed by atoms with van der Waals surface area (Å²) in [5, 5.41) is 82.1. The van der Waals surface area contributed by atoms with E-state index in [-0.39, 0.29) is 86.4 Å². The van der Waals surface area contributed by atoms with Crippen molar-refractivity contribution in [3.05, 3.63) is 189 Å². The van der Waals surface area contributed by atoms with Crippen LogP contribution in [0.25, 0.3) is 22.9 Å². The second-order valence-corrected chi connectivity index (χ2v) is 28.7. The van der Waals surface area contributed by atoms with E-state index in [4.69, 9.17) is 10.3 Å². The summed E-state index contributed by atoms with van der Waals surface area (Å²) in [6, 6.07) is 30.8. The summed E-state index contributed by atoms with van der Waals surface area (Å²) < 4.78 is 0. The lowest BCUT2D eigenvalue weighted by Gasteiger charge is -2.75. The number of phenols is 5. The van der Waals surface area contributed by atoms with Crippen LogP contribution >= 0.6 is 0 Å². The van der Waals surface area contributed by atoms with Gasteiger partial charge in [0, 0.05) is 71.6 Å². The molecule has 12 nitrogen and oxygen atoms in total. The van der Waals surface area contributed by atoms with Crippen LogP contribution in [-0.4, -0.2) is 82.9 Å². The average Bonchev–Trinajstić information content (AvgIpc) is 1.26. The van der Waals surface area contributed by atoms with Gasteiger partial charge in [-0.1, -0.05) is 117 Å². The third-order valence-corrected chi connectivity index (χ3v) is 25.3. The third-order valence-electron chi connectivity index (χ3n) is 25.3. The number of phenolic OH excluding ortho intramolecular Hbond substituents is 5. The van der Waals surface area contributed by atoms with Gasteiger partial charge < -0.3 is 56.6 Å². The van der Waals surface area contributed by atoms with E-state index >= 15 is 0 Å². The second-order valence-electron chi connectivity index (χ2n) is 28.7. The highest BCUT2D eigenvalue weighted by atomic mass is 16.3. The van der Waals surface area contributed by atoms with Gasteiger partial charge in [-0.15, -0.1) is 0 Å². The molecule has 6 fully saturated rings. The molecule has 0 unspecified atom stereocenters. The van der Waals surface area contributed by atoms with Crippen molar-refractivity contribution in [2.45, 2.75) is 158 Å². The lowest BCUT2D eigenvalue weighted by atomic mass is 9.30. The number of fused-ring (bicyclic) bond motifs is 6. The van der Waals surface area contributed by atoms with Crippen LogP contribution < -0.4 is 16.0 Å². The van der Waals surface area contributed by atoms with Gasteiger partial charge in [0.05, 0.1) is 23.5 Å². The number of aliphatic hydroxyl groups excluding tert-OH is 1. The van der Waals surface area contributed by atoms with Crippen LogP contribution in [0.15, 0.2) is 134 Å². The number of hydrogen-bond acceptors (Lipinski definition) is 10. The summed E-state index contributed by atoms with van der Waals surface area (Å²) in [6.07, 6.45) is 34.8. The number of imidazole rings is 1. The number of aryl methyl sites for hydroxylation is 3. The third kappa shape index (κ3) is 8.46. The van der Waals surface area contributed by atoms with Crippen molar-refractivity contribution in [3.63, 3.8) is 0 Å². The van der Waals surface area contributed by atoms with Crippen molar-refractivity contribution < 1.29 is 30.6 Å². The lowest BCUT2D eigenvalue weighted by Crippen LogP contribution is -2.79. The predicted molar refractivity (Wildman–Crippen MR) is 345 cm³/mol. The summed E-state index contributed by atoms with van der Waals surface area (Å²) in [5.74, 6) is 0.963. The Morgan fingerprint density at radius 2 is 1.57 bits per heavy atom. The van der Waals surface area contributed by atoms with Crippen molar-refractivity contribution >= 4 is 22.9 Å². The molecule has 5 heterocycles. The zero-order valence-corrected chi connectivity index (χ0v) is 50.7.